The Hall–Kier alpha value is -2.46. The molecule has 110 valence electrons. The molecule has 2 N–H and O–H groups in total. The van der Waals surface area contributed by atoms with Gasteiger partial charge in [0.1, 0.15) is 11.8 Å². The number of nitrogens with zero attached hydrogens (tertiary/aromatic N) is 3. The molecule has 2 unspecified atom stereocenters. The van der Waals surface area contributed by atoms with E-state index in [1.165, 1.54) is 6.20 Å². The zero-order valence-corrected chi connectivity index (χ0v) is 11.3. The van der Waals surface area contributed by atoms with Crippen molar-refractivity contribution in [3.05, 3.63) is 29.6 Å². The average molecular weight is 289 g/mol. The molecule has 2 heterocycles. The lowest BCUT2D eigenvalue weighted by molar-refractivity contribution is -0.157. The molecule has 7 nitrogen and oxygen atoms in total. The summed E-state index contributed by atoms with van der Waals surface area (Å²) in [5, 5.41) is 27.1. The zero-order valence-electron chi connectivity index (χ0n) is 11.3. The van der Waals surface area contributed by atoms with Gasteiger partial charge in [0, 0.05) is 19.3 Å². The van der Waals surface area contributed by atoms with Crippen LogP contribution >= 0.6 is 0 Å². The molecular formula is C14H15N3O4. The van der Waals surface area contributed by atoms with Crippen LogP contribution in [0.2, 0.25) is 0 Å². The van der Waals surface area contributed by atoms with Gasteiger partial charge in [-0.15, -0.1) is 0 Å². The number of hydrogen-bond donors (Lipinski definition) is 2. The lowest BCUT2D eigenvalue weighted by Gasteiger charge is -2.34. The van der Waals surface area contributed by atoms with Crippen LogP contribution in [0.3, 0.4) is 0 Å². The average Bonchev–Trinajstić information content (AvgIpc) is 2.47. The molecule has 0 bridgehead atoms. The van der Waals surface area contributed by atoms with Crippen LogP contribution in [0, 0.1) is 23.2 Å². The molecule has 2 atom stereocenters. The molecule has 0 saturated carbocycles. The van der Waals surface area contributed by atoms with Crippen LogP contribution < -0.4 is 0 Å². The topological polar surface area (TPSA) is 115 Å². The highest BCUT2D eigenvalue weighted by atomic mass is 16.4. The summed E-state index contributed by atoms with van der Waals surface area (Å²) in [5.74, 6) is -3.89. The summed E-state index contributed by atoms with van der Waals surface area (Å²) in [6.07, 6.45) is 1.84. The standard InChI is InChI=1S/C14H15N3O4/c15-6-10-5-9(1-3-16-10)7-17-4-2-11(13(18)19)12(8-17)14(20)21/h1,3,5,11-12H,2,4,7-8H2,(H,18,19)(H,20,21). The first-order chi connectivity index (χ1) is 10.0. The Bertz CT molecular complexity index is 596. The normalized spacial score (nSPS) is 22.4. The maximum absolute atomic E-state index is 11.2. The van der Waals surface area contributed by atoms with Crippen LogP contribution in [-0.2, 0) is 16.1 Å². The van der Waals surface area contributed by atoms with Crippen molar-refractivity contribution in [3.63, 3.8) is 0 Å². The van der Waals surface area contributed by atoms with Gasteiger partial charge in [0.2, 0.25) is 0 Å². The van der Waals surface area contributed by atoms with Crippen molar-refractivity contribution >= 4 is 11.9 Å². The van der Waals surface area contributed by atoms with Crippen LogP contribution in [0.5, 0.6) is 0 Å². The predicted octanol–water partition coefficient (Wildman–Crippen LogP) is 0.561. The molecule has 1 fully saturated rings. The number of carboxylic acid groups (broad SMARTS) is 2. The van der Waals surface area contributed by atoms with E-state index < -0.39 is 23.8 Å². The summed E-state index contributed by atoms with van der Waals surface area (Å²) in [4.78, 5) is 28.1. The lowest BCUT2D eigenvalue weighted by Crippen LogP contribution is -2.46. The predicted molar refractivity (Wildman–Crippen MR) is 71.1 cm³/mol. The summed E-state index contributed by atoms with van der Waals surface area (Å²) in [6.45, 7) is 1.19. The van der Waals surface area contributed by atoms with Crippen LogP contribution in [0.1, 0.15) is 17.7 Å². The monoisotopic (exact) mass is 289 g/mol. The second-order valence-electron chi connectivity index (χ2n) is 5.07. The third-order valence-corrected chi connectivity index (χ3v) is 3.68. The van der Waals surface area contributed by atoms with Gasteiger partial charge >= 0.3 is 11.9 Å². The van der Waals surface area contributed by atoms with Crippen molar-refractivity contribution < 1.29 is 19.8 Å². The third-order valence-electron chi connectivity index (χ3n) is 3.68. The minimum Gasteiger partial charge on any atom is -0.481 e. The molecular weight excluding hydrogens is 274 g/mol. The first-order valence-electron chi connectivity index (χ1n) is 6.54. The van der Waals surface area contributed by atoms with Crippen LogP contribution in [0.25, 0.3) is 0 Å². The first-order valence-corrected chi connectivity index (χ1v) is 6.54. The van der Waals surface area contributed by atoms with E-state index in [0.717, 1.165) is 5.56 Å². The van der Waals surface area contributed by atoms with Crippen molar-refractivity contribution in [1.82, 2.24) is 9.88 Å². The fraction of sp³-hybridized carbons (Fsp3) is 0.429. The number of carbonyl (C=O) groups is 2. The van der Waals surface area contributed by atoms with E-state index in [-0.39, 0.29) is 6.54 Å². The highest BCUT2D eigenvalue weighted by Crippen LogP contribution is 2.25. The molecule has 21 heavy (non-hydrogen) atoms. The van der Waals surface area contributed by atoms with Gasteiger partial charge in [-0.05, 0) is 30.7 Å². The molecule has 0 radical (unpaired) electrons. The minimum absolute atomic E-state index is 0.191. The number of rotatable bonds is 4. The molecule has 0 amide bonds. The maximum atomic E-state index is 11.2. The van der Waals surface area contributed by atoms with Crippen LogP contribution in [-0.4, -0.2) is 45.1 Å². The second kappa shape index (κ2) is 6.33. The number of aromatic nitrogens is 1. The molecule has 7 heteroatoms. The molecule has 0 aromatic carbocycles. The SMILES string of the molecule is N#Cc1cc(CN2CCC(C(=O)O)C(C(=O)O)C2)ccn1. The van der Waals surface area contributed by atoms with Crippen LogP contribution in [0.4, 0.5) is 0 Å². The summed E-state index contributed by atoms with van der Waals surface area (Å²) in [5.41, 5.74) is 1.17. The number of hydrogen-bond acceptors (Lipinski definition) is 5. The first kappa shape index (κ1) is 14.9. The number of carboxylic acids is 2. The van der Waals surface area contributed by atoms with Gasteiger partial charge < -0.3 is 10.2 Å². The Morgan fingerprint density at radius 2 is 2.10 bits per heavy atom. The Morgan fingerprint density at radius 1 is 1.38 bits per heavy atom. The van der Waals surface area contributed by atoms with Gasteiger partial charge in [-0.25, -0.2) is 4.98 Å². The zero-order chi connectivity index (χ0) is 15.4. The van der Waals surface area contributed by atoms with Crippen molar-refractivity contribution in [3.8, 4) is 6.07 Å². The van der Waals surface area contributed by atoms with E-state index in [1.54, 1.807) is 12.1 Å². The molecule has 1 saturated heterocycles. The number of pyridine rings is 1. The maximum Gasteiger partial charge on any atom is 0.308 e. The van der Waals surface area contributed by atoms with E-state index in [2.05, 4.69) is 4.98 Å². The minimum atomic E-state index is -1.08. The highest BCUT2D eigenvalue weighted by Gasteiger charge is 2.38. The number of nitriles is 1. The summed E-state index contributed by atoms with van der Waals surface area (Å²) in [6, 6.07) is 5.37. The Kier molecular flexibility index (Phi) is 4.50. The molecule has 1 aliphatic heterocycles. The summed E-state index contributed by atoms with van der Waals surface area (Å²) < 4.78 is 0. The van der Waals surface area contributed by atoms with Crippen molar-refractivity contribution in [2.75, 3.05) is 13.1 Å². The number of likely N-dealkylation sites (tertiary alicyclic amines) is 1. The van der Waals surface area contributed by atoms with E-state index >= 15 is 0 Å². The highest BCUT2D eigenvalue weighted by molar-refractivity contribution is 5.80. The van der Waals surface area contributed by atoms with Gasteiger partial charge in [0.25, 0.3) is 0 Å². The summed E-state index contributed by atoms with van der Waals surface area (Å²) in [7, 11) is 0. The van der Waals surface area contributed by atoms with Crippen molar-refractivity contribution in [1.29, 1.82) is 5.26 Å². The van der Waals surface area contributed by atoms with E-state index in [9.17, 15) is 14.7 Å². The Morgan fingerprint density at radius 3 is 2.71 bits per heavy atom. The molecule has 1 aromatic heterocycles. The van der Waals surface area contributed by atoms with Crippen molar-refractivity contribution in [2.45, 2.75) is 13.0 Å². The third kappa shape index (κ3) is 3.55. The smallest absolute Gasteiger partial charge is 0.308 e. The Balaban J connectivity index is 2.07. The van der Waals surface area contributed by atoms with Gasteiger partial charge in [0.15, 0.2) is 0 Å². The summed E-state index contributed by atoms with van der Waals surface area (Å²) >= 11 is 0. The van der Waals surface area contributed by atoms with Crippen molar-refractivity contribution in [2.24, 2.45) is 11.8 Å². The van der Waals surface area contributed by atoms with Gasteiger partial charge in [-0.2, -0.15) is 5.26 Å². The quantitative estimate of drug-likeness (QED) is 0.832. The van der Waals surface area contributed by atoms with Gasteiger partial charge in [0.05, 0.1) is 11.8 Å². The lowest BCUT2D eigenvalue weighted by atomic mass is 9.85. The fourth-order valence-corrected chi connectivity index (χ4v) is 2.60. The van der Waals surface area contributed by atoms with Crippen LogP contribution in [0.15, 0.2) is 18.3 Å². The molecule has 2 rings (SSSR count). The van der Waals surface area contributed by atoms with Gasteiger partial charge in [-0.3, -0.25) is 14.5 Å². The van der Waals surface area contributed by atoms with E-state index in [4.69, 9.17) is 10.4 Å². The molecule has 0 aliphatic carbocycles. The van der Waals surface area contributed by atoms with E-state index in [0.29, 0.717) is 25.2 Å². The number of piperidine rings is 1. The second-order valence-corrected chi connectivity index (χ2v) is 5.07. The Labute approximate surface area is 121 Å². The van der Waals surface area contributed by atoms with E-state index in [1.807, 2.05) is 11.0 Å². The van der Waals surface area contributed by atoms with Gasteiger partial charge in [-0.1, -0.05) is 0 Å². The largest absolute Gasteiger partial charge is 0.481 e. The molecule has 0 spiro atoms. The molecule has 1 aromatic rings. The number of aliphatic carboxylic acids is 2. The molecule has 1 aliphatic rings. The fourth-order valence-electron chi connectivity index (χ4n) is 2.60.